The molecule has 0 atom stereocenters. The molecule has 19 heavy (non-hydrogen) atoms. The molecule has 2 rings (SSSR count). The molecule has 0 radical (unpaired) electrons. The third-order valence-electron chi connectivity index (χ3n) is 3.08. The van der Waals surface area contributed by atoms with E-state index in [1.165, 1.54) is 5.69 Å². The van der Waals surface area contributed by atoms with Crippen LogP contribution in [-0.2, 0) is 4.74 Å². The van der Waals surface area contributed by atoms with Gasteiger partial charge in [0, 0.05) is 25.3 Å². The molecule has 5 heteroatoms. The smallest absolute Gasteiger partial charge is 0.338 e. The summed E-state index contributed by atoms with van der Waals surface area (Å²) in [6, 6.07) is 7.67. The van der Waals surface area contributed by atoms with Gasteiger partial charge in [-0.15, -0.1) is 12.4 Å². The van der Waals surface area contributed by atoms with Gasteiger partial charge in [-0.05, 0) is 44.2 Å². The van der Waals surface area contributed by atoms with E-state index >= 15 is 0 Å². The van der Waals surface area contributed by atoms with Gasteiger partial charge in [-0.3, -0.25) is 0 Å². The van der Waals surface area contributed by atoms with Crippen LogP contribution in [0.5, 0.6) is 0 Å². The number of halogens is 1. The molecule has 0 bridgehead atoms. The van der Waals surface area contributed by atoms with E-state index in [1.54, 1.807) is 0 Å². The number of anilines is 1. The highest BCUT2D eigenvalue weighted by Gasteiger charge is 2.11. The van der Waals surface area contributed by atoms with Crippen LogP contribution in [0.3, 0.4) is 0 Å². The summed E-state index contributed by atoms with van der Waals surface area (Å²) in [7, 11) is 0. The molecule has 1 heterocycles. The molecule has 4 nitrogen and oxygen atoms in total. The van der Waals surface area contributed by atoms with Crippen LogP contribution in [0.25, 0.3) is 0 Å². The van der Waals surface area contributed by atoms with Crippen LogP contribution in [0.1, 0.15) is 23.7 Å². The monoisotopic (exact) mass is 284 g/mol. The normalized spacial score (nSPS) is 15.3. The van der Waals surface area contributed by atoms with E-state index in [1.807, 2.05) is 31.2 Å². The lowest BCUT2D eigenvalue weighted by Gasteiger charge is -2.22. The van der Waals surface area contributed by atoms with E-state index in [9.17, 15) is 4.79 Å². The molecule has 0 spiro atoms. The highest BCUT2D eigenvalue weighted by molar-refractivity contribution is 5.89. The van der Waals surface area contributed by atoms with Crippen LogP contribution in [0.2, 0.25) is 0 Å². The van der Waals surface area contributed by atoms with Crippen LogP contribution in [-0.4, -0.2) is 38.8 Å². The average Bonchev–Trinajstić information content (AvgIpc) is 2.68. The maximum absolute atomic E-state index is 11.5. The first-order chi connectivity index (χ1) is 8.81. The molecule has 1 saturated heterocycles. The van der Waals surface area contributed by atoms with Gasteiger partial charge >= 0.3 is 5.97 Å². The number of hydrogen-bond acceptors (Lipinski definition) is 4. The zero-order valence-corrected chi connectivity index (χ0v) is 12.0. The molecular weight excluding hydrogens is 264 g/mol. The second kappa shape index (κ2) is 8.02. The van der Waals surface area contributed by atoms with Crippen molar-refractivity contribution in [2.24, 2.45) is 0 Å². The highest BCUT2D eigenvalue weighted by Crippen LogP contribution is 2.16. The van der Waals surface area contributed by atoms with Crippen molar-refractivity contribution >= 4 is 24.1 Å². The SMILES string of the molecule is CCOC(=O)c1ccc(N2CCCNCC2)cc1.Cl. The lowest BCUT2D eigenvalue weighted by atomic mass is 10.2. The van der Waals surface area contributed by atoms with Crippen molar-refractivity contribution in [2.45, 2.75) is 13.3 Å². The number of esters is 1. The van der Waals surface area contributed by atoms with E-state index in [0.29, 0.717) is 12.2 Å². The molecule has 0 saturated carbocycles. The van der Waals surface area contributed by atoms with Gasteiger partial charge in [0.1, 0.15) is 0 Å². The standard InChI is InChI=1S/C14H20N2O2.ClH/c1-2-18-14(17)12-4-6-13(7-5-12)16-10-3-8-15-9-11-16;/h4-7,15H,2-3,8-11H2,1H3;1H. The van der Waals surface area contributed by atoms with Crippen LogP contribution in [0.4, 0.5) is 5.69 Å². The number of carbonyl (C=O) groups is 1. The second-order valence-corrected chi connectivity index (χ2v) is 4.36. The third kappa shape index (κ3) is 4.40. The van der Waals surface area contributed by atoms with Gasteiger partial charge < -0.3 is 15.0 Å². The first-order valence-electron chi connectivity index (χ1n) is 6.54. The summed E-state index contributed by atoms with van der Waals surface area (Å²) >= 11 is 0. The Labute approximate surface area is 120 Å². The van der Waals surface area contributed by atoms with Gasteiger partial charge in [0.25, 0.3) is 0 Å². The molecule has 0 aliphatic carbocycles. The summed E-state index contributed by atoms with van der Waals surface area (Å²) < 4.78 is 4.97. The van der Waals surface area contributed by atoms with Crippen LogP contribution < -0.4 is 10.2 Å². The number of ether oxygens (including phenoxy) is 1. The number of nitrogens with one attached hydrogen (secondary N) is 1. The fraction of sp³-hybridized carbons (Fsp3) is 0.500. The van der Waals surface area contributed by atoms with E-state index in [2.05, 4.69) is 10.2 Å². The highest BCUT2D eigenvalue weighted by atomic mass is 35.5. The molecule has 1 aliphatic rings. The number of rotatable bonds is 3. The Balaban J connectivity index is 0.00000180. The summed E-state index contributed by atoms with van der Waals surface area (Å²) in [5.41, 5.74) is 1.79. The molecule has 0 amide bonds. The summed E-state index contributed by atoms with van der Waals surface area (Å²) in [5.74, 6) is -0.249. The molecule has 0 unspecified atom stereocenters. The van der Waals surface area contributed by atoms with Crippen molar-refractivity contribution in [3.8, 4) is 0 Å². The Bertz CT molecular complexity index is 387. The molecule has 0 aromatic heterocycles. The zero-order chi connectivity index (χ0) is 12.8. The van der Waals surface area contributed by atoms with Crippen molar-refractivity contribution in [1.82, 2.24) is 5.32 Å². The van der Waals surface area contributed by atoms with E-state index in [0.717, 1.165) is 32.6 Å². The van der Waals surface area contributed by atoms with E-state index in [-0.39, 0.29) is 18.4 Å². The van der Waals surface area contributed by atoms with Crippen molar-refractivity contribution in [3.05, 3.63) is 29.8 Å². The maximum atomic E-state index is 11.5. The first kappa shape index (κ1) is 15.8. The van der Waals surface area contributed by atoms with Gasteiger partial charge in [-0.25, -0.2) is 4.79 Å². The van der Waals surface area contributed by atoms with Crippen LogP contribution >= 0.6 is 12.4 Å². The largest absolute Gasteiger partial charge is 0.462 e. The Morgan fingerprint density at radius 3 is 2.68 bits per heavy atom. The molecule has 106 valence electrons. The Hall–Kier alpha value is -1.26. The number of benzene rings is 1. The summed E-state index contributed by atoms with van der Waals surface area (Å²) in [6.07, 6.45) is 1.15. The van der Waals surface area contributed by atoms with Crippen LogP contribution in [0.15, 0.2) is 24.3 Å². The lowest BCUT2D eigenvalue weighted by molar-refractivity contribution is 0.0526. The van der Waals surface area contributed by atoms with E-state index in [4.69, 9.17) is 4.74 Å². The van der Waals surface area contributed by atoms with Crippen molar-refractivity contribution < 1.29 is 9.53 Å². The van der Waals surface area contributed by atoms with Crippen molar-refractivity contribution in [3.63, 3.8) is 0 Å². The van der Waals surface area contributed by atoms with Crippen LogP contribution in [0, 0.1) is 0 Å². The van der Waals surface area contributed by atoms with Crippen molar-refractivity contribution in [2.75, 3.05) is 37.7 Å². The van der Waals surface area contributed by atoms with E-state index < -0.39 is 0 Å². The van der Waals surface area contributed by atoms with Gasteiger partial charge in [-0.1, -0.05) is 0 Å². The molecule has 1 aliphatic heterocycles. The Morgan fingerprint density at radius 1 is 1.26 bits per heavy atom. The summed E-state index contributed by atoms with van der Waals surface area (Å²) in [5, 5.41) is 3.38. The Morgan fingerprint density at radius 2 is 2.00 bits per heavy atom. The minimum absolute atomic E-state index is 0. The molecule has 1 fully saturated rings. The minimum atomic E-state index is -0.249. The third-order valence-corrected chi connectivity index (χ3v) is 3.08. The van der Waals surface area contributed by atoms with Gasteiger partial charge in [0.15, 0.2) is 0 Å². The predicted octanol–water partition coefficient (Wildman–Crippen LogP) is 2.08. The summed E-state index contributed by atoms with van der Waals surface area (Å²) in [6.45, 7) is 6.40. The Kier molecular flexibility index (Phi) is 6.67. The fourth-order valence-electron chi connectivity index (χ4n) is 2.13. The predicted molar refractivity (Wildman–Crippen MR) is 79.3 cm³/mol. The summed E-state index contributed by atoms with van der Waals surface area (Å²) in [4.78, 5) is 13.9. The van der Waals surface area contributed by atoms with Gasteiger partial charge in [0.05, 0.1) is 12.2 Å². The first-order valence-corrected chi connectivity index (χ1v) is 6.54. The van der Waals surface area contributed by atoms with Gasteiger partial charge in [-0.2, -0.15) is 0 Å². The number of nitrogens with zero attached hydrogens (tertiary/aromatic N) is 1. The van der Waals surface area contributed by atoms with Crippen molar-refractivity contribution in [1.29, 1.82) is 0 Å². The number of hydrogen-bond donors (Lipinski definition) is 1. The minimum Gasteiger partial charge on any atom is -0.462 e. The quantitative estimate of drug-likeness (QED) is 0.863. The second-order valence-electron chi connectivity index (χ2n) is 4.36. The molecule has 1 aromatic carbocycles. The molecular formula is C14H21ClN2O2. The fourth-order valence-corrected chi connectivity index (χ4v) is 2.13. The maximum Gasteiger partial charge on any atom is 0.338 e. The molecule has 1 N–H and O–H groups in total. The topological polar surface area (TPSA) is 41.6 Å². The molecule has 1 aromatic rings. The van der Waals surface area contributed by atoms with Gasteiger partial charge in [0.2, 0.25) is 0 Å². The number of carbonyl (C=O) groups excluding carboxylic acids is 1. The zero-order valence-electron chi connectivity index (χ0n) is 11.2. The lowest BCUT2D eigenvalue weighted by Crippen LogP contribution is -2.27. The average molecular weight is 285 g/mol.